The zero-order valence-corrected chi connectivity index (χ0v) is 22.8. The van der Waals surface area contributed by atoms with Crippen LogP contribution in [0, 0.1) is 19.3 Å². The van der Waals surface area contributed by atoms with Gasteiger partial charge in [0.15, 0.2) is 0 Å². The molecule has 1 atom stereocenters. The van der Waals surface area contributed by atoms with Gasteiger partial charge in [-0.15, -0.1) is 0 Å². The van der Waals surface area contributed by atoms with Gasteiger partial charge in [-0.05, 0) is 67.8 Å². The van der Waals surface area contributed by atoms with E-state index in [4.69, 9.17) is 19.7 Å². The van der Waals surface area contributed by atoms with Crippen LogP contribution in [0.5, 0.6) is 0 Å². The van der Waals surface area contributed by atoms with Crippen LogP contribution in [0.2, 0.25) is 0 Å². The van der Waals surface area contributed by atoms with Crippen LogP contribution < -0.4 is 0 Å². The second-order valence-corrected chi connectivity index (χ2v) is 9.79. The molecule has 0 spiro atoms. The molecule has 0 radical (unpaired) electrons. The van der Waals surface area contributed by atoms with E-state index < -0.39 is 0 Å². The van der Waals surface area contributed by atoms with E-state index in [9.17, 15) is 0 Å². The molecule has 6 heteroatoms. The number of benzene rings is 3. The molecule has 0 aliphatic rings. The summed E-state index contributed by atoms with van der Waals surface area (Å²) in [5.74, 6) is 0.978. The second kappa shape index (κ2) is 10.7. The predicted molar refractivity (Wildman–Crippen MR) is 159 cm³/mol. The van der Waals surface area contributed by atoms with Crippen molar-refractivity contribution in [2.75, 3.05) is 6.61 Å². The number of nitrogens with zero attached hydrogens (tertiary/aromatic N) is 3. The maximum Gasteiger partial charge on any atom is 0.213 e. The van der Waals surface area contributed by atoms with Gasteiger partial charge in [0, 0.05) is 34.5 Å². The molecule has 0 aliphatic carbocycles. The molecule has 1 N–H and O–H groups in total. The molecule has 0 saturated carbocycles. The summed E-state index contributed by atoms with van der Waals surface area (Å²) >= 11 is 0. The Labute approximate surface area is 233 Å². The van der Waals surface area contributed by atoms with Crippen molar-refractivity contribution in [1.82, 2.24) is 14.7 Å². The summed E-state index contributed by atoms with van der Waals surface area (Å²) in [6.45, 7) is 6.28. The van der Waals surface area contributed by atoms with Crippen molar-refractivity contribution in [3.63, 3.8) is 0 Å². The molecule has 0 fully saturated rings. The predicted octanol–water partition coefficient (Wildman–Crippen LogP) is 7.97. The van der Waals surface area contributed by atoms with E-state index in [1.165, 1.54) is 0 Å². The highest BCUT2D eigenvalue weighted by molar-refractivity contribution is 5.99. The molecular weight excluding hydrogens is 496 g/mol. The average molecular weight is 527 g/mol. The highest BCUT2D eigenvalue weighted by Crippen LogP contribution is 2.39. The molecule has 198 valence electrons. The first-order chi connectivity index (χ1) is 19.5. The van der Waals surface area contributed by atoms with Crippen molar-refractivity contribution in [2.24, 2.45) is 0 Å². The summed E-state index contributed by atoms with van der Waals surface area (Å²) in [7, 11) is 0. The fourth-order valence-electron chi connectivity index (χ4n) is 5.42. The fraction of sp³-hybridized carbons (Fsp3) is 0.147. The minimum Gasteiger partial charge on any atom is -0.478 e. The van der Waals surface area contributed by atoms with Crippen molar-refractivity contribution in [1.29, 1.82) is 5.41 Å². The summed E-state index contributed by atoms with van der Waals surface area (Å²) in [6.07, 6.45) is 4.07. The monoisotopic (exact) mass is 526 g/mol. The molecule has 0 amide bonds. The van der Waals surface area contributed by atoms with E-state index in [2.05, 4.69) is 76.6 Å². The van der Waals surface area contributed by atoms with Crippen molar-refractivity contribution in [2.45, 2.75) is 26.8 Å². The number of rotatable bonds is 7. The number of fused-ring (bicyclic) bond motifs is 1. The van der Waals surface area contributed by atoms with Crippen molar-refractivity contribution < 1.29 is 9.26 Å². The summed E-state index contributed by atoms with van der Waals surface area (Å²) < 4.78 is 13.2. The minimum atomic E-state index is -0.135. The van der Waals surface area contributed by atoms with Crippen LogP contribution in [0.4, 0.5) is 0 Å². The van der Waals surface area contributed by atoms with Crippen LogP contribution in [-0.4, -0.2) is 27.2 Å². The third-order valence-electron chi connectivity index (χ3n) is 7.26. The molecule has 3 aromatic heterocycles. The third kappa shape index (κ3) is 4.58. The van der Waals surface area contributed by atoms with Gasteiger partial charge in [-0.2, -0.15) is 0 Å². The molecule has 0 unspecified atom stereocenters. The lowest BCUT2D eigenvalue weighted by Crippen LogP contribution is -2.12. The Morgan fingerprint density at radius 3 is 2.35 bits per heavy atom. The highest BCUT2D eigenvalue weighted by atomic mass is 16.5. The molecule has 3 aromatic carbocycles. The Balaban J connectivity index is 1.59. The molecule has 40 heavy (non-hydrogen) atoms. The first-order valence-corrected chi connectivity index (χ1v) is 13.4. The lowest BCUT2D eigenvalue weighted by molar-refractivity contribution is 0.325. The molecule has 6 rings (SSSR count). The zero-order valence-electron chi connectivity index (χ0n) is 22.8. The number of ether oxygens (including phenoxy) is 1. The molecule has 6 nitrogen and oxygen atoms in total. The van der Waals surface area contributed by atoms with Crippen LogP contribution in [0.15, 0.2) is 108 Å². The molecule has 0 bridgehead atoms. The number of hydrogen-bond acceptors (Lipinski definition) is 5. The minimum absolute atomic E-state index is 0.135. The van der Waals surface area contributed by atoms with Gasteiger partial charge < -0.3 is 13.8 Å². The molecule has 6 aromatic rings. The summed E-state index contributed by atoms with van der Waals surface area (Å²) in [6, 6.07) is 31.0. The van der Waals surface area contributed by atoms with Crippen molar-refractivity contribution >= 4 is 16.8 Å². The maximum atomic E-state index is 8.17. The van der Waals surface area contributed by atoms with Gasteiger partial charge in [-0.25, -0.2) is 0 Å². The average Bonchev–Trinajstić information content (AvgIpc) is 3.53. The number of aryl methyl sites for hydroxylation is 2. The van der Waals surface area contributed by atoms with E-state index in [1.54, 1.807) is 0 Å². The van der Waals surface area contributed by atoms with Gasteiger partial charge in [0.2, 0.25) is 5.90 Å². The number of aromatic nitrogens is 3. The van der Waals surface area contributed by atoms with E-state index in [0.717, 1.165) is 61.4 Å². The van der Waals surface area contributed by atoms with Crippen LogP contribution >= 0.6 is 0 Å². The van der Waals surface area contributed by atoms with Gasteiger partial charge in [0.1, 0.15) is 11.8 Å². The fourth-order valence-corrected chi connectivity index (χ4v) is 5.42. The number of nitrogens with one attached hydrogen (secondary N) is 1. The van der Waals surface area contributed by atoms with E-state index >= 15 is 0 Å². The Kier molecular flexibility index (Phi) is 6.74. The first-order valence-electron chi connectivity index (χ1n) is 13.4. The molecule has 0 saturated heterocycles. The summed E-state index contributed by atoms with van der Waals surface area (Å²) in [5.41, 5.74) is 9.05. The maximum absolute atomic E-state index is 8.17. The summed E-state index contributed by atoms with van der Waals surface area (Å²) in [5, 5.41) is 13.5. The van der Waals surface area contributed by atoms with Gasteiger partial charge in [0.25, 0.3) is 0 Å². The van der Waals surface area contributed by atoms with Gasteiger partial charge in [-0.3, -0.25) is 10.4 Å². The third-order valence-corrected chi connectivity index (χ3v) is 7.26. The first kappa shape index (κ1) is 25.3. The SMILES string of the molecule is CCOC(=N)c1ccc(-c2cn([C@@H](c3ccccc3)c3ccccn3)c3cc(-c4c(C)noc4C)ccc23)cc1. The topological polar surface area (TPSA) is 76.9 Å². The number of hydrogen-bond donors (Lipinski definition) is 1. The smallest absolute Gasteiger partial charge is 0.213 e. The molecule has 3 heterocycles. The Morgan fingerprint density at radius 2 is 1.68 bits per heavy atom. The molecular formula is C34H30N4O2. The quantitative estimate of drug-likeness (QED) is 0.169. The van der Waals surface area contributed by atoms with Crippen molar-refractivity contribution in [3.8, 4) is 22.3 Å². The van der Waals surface area contributed by atoms with Crippen molar-refractivity contribution in [3.05, 3.63) is 132 Å². The normalized spacial score (nSPS) is 12.0. The van der Waals surface area contributed by atoms with Crippen LogP contribution in [0.1, 0.15) is 41.2 Å². The Morgan fingerprint density at radius 1 is 0.925 bits per heavy atom. The molecule has 0 aliphatic heterocycles. The summed E-state index contributed by atoms with van der Waals surface area (Å²) in [4.78, 5) is 4.79. The largest absolute Gasteiger partial charge is 0.478 e. The van der Waals surface area contributed by atoms with Crippen LogP contribution in [0.25, 0.3) is 33.2 Å². The van der Waals surface area contributed by atoms with E-state index in [0.29, 0.717) is 6.61 Å². The standard InChI is InChI=1S/C34H30N4O2/c1-4-39-34(35)26-15-13-24(14-16-26)29-21-38(33(25-10-6-5-7-11-25)30-12-8-9-19-36-30)31-20-27(17-18-28(29)31)32-22(2)37-40-23(32)3/h5-21,33,35H,4H2,1-3H3/t33-/m0/s1. The van der Waals surface area contributed by atoms with Gasteiger partial charge in [-0.1, -0.05) is 65.8 Å². The number of pyridine rings is 1. The second-order valence-electron chi connectivity index (χ2n) is 9.79. The Bertz CT molecular complexity index is 1730. The Hall–Kier alpha value is -4.97. The van der Waals surface area contributed by atoms with Crippen LogP contribution in [0.3, 0.4) is 0 Å². The zero-order chi connectivity index (χ0) is 27.6. The van der Waals surface area contributed by atoms with Gasteiger partial charge >= 0.3 is 0 Å². The van der Waals surface area contributed by atoms with E-state index in [-0.39, 0.29) is 11.9 Å². The lowest BCUT2D eigenvalue weighted by Gasteiger charge is -2.21. The van der Waals surface area contributed by atoms with E-state index in [1.807, 2.05) is 57.3 Å². The van der Waals surface area contributed by atoms with Crippen LogP contribution in [-0.2, 0) is 4.74 Å². The highest BCUT2D eigenvalue weighted by Gasteiger charge is 2.23. The van der Waals surface area contributed by atoms with Gasteiger partial charge in [0.05, 0.1) is 23.5 Å². The lowest BCUT2D eigenvalue weighted by atomic mass is 9.99.